The maximum Gasteiger partial charge on any atom is 0.228 e. The van der Waals surface area contributed by atoms with Crippen LogP contribution in [-0.4, -0.2) is 44.1 Å². The first-order chi connectivity index (χ1) is 13.1. The first-order valence-electron chi connectivity index (χ1n) is 9.67. The number of aromatic amines is 1. The van der Waals surface area contributed by atoms with E-state index in [2.05, 4.69) is 15.2 Å². The normalized spacial score (nSPS) is 21.7. The van der Waals surface area contributed by atoms with Crippen molar-refractivity contribution < 1.29 is 4.79 Å². The van der Waals surface area contributed by atoms with Crippen LogP contribution in [0, 0.1) is 6.92 Å². The van der Waals surface area contributed by atoms with E-state index in [4.69, 9.17) is 4.98 Å². The smallest absolute Gasteiger partial charge is 0.228 e. The van der Waals surface area contributed by atoms with Crippen LogP contribution in [0.1, 0.15) is 42.0 Å². The number of piperidine rings is 1. The van der Waals surface area contributed by atoms with Gasteiger partial charge < -0.3 is 4.90 Å². The Morgan fingerprint density at radius 3 is 3.11 bits per heavy atom. The van der Waals surface area contributed by atoms with E-state index < -0.39 is 0 Å². The fraction of sp³-hybridized carbons (Fsp3) is 0.429. The van der Waals surface area contributed by atoms with Crippen molar-refractivity contribution in [2.24, 2.45) is 0 Å². The molecule has 1 unspecified atom stereocenters. The van der Waals surface area contributed by atoms with E-state index in [1.54, 1.807) is 0 Å². The molecular formula is C21H23N5O. The second-order valence-corrected chi connectivity index (χ2v) is 7.89. The van der Waals surface area contributed by atoms with E-state index in [-0.39, 0.29) is 11.3 Å². The number of fused-ring (bicyclic) bond motifs is 3. The number of H-pyrrole nitrogens is 1. The highest BCUT2D eigenvalue weighted by Gasteiger charge is 2.44. The van der Waals surface area contributed by atoms with E-state index in [1.807, 2.05) is 42.3 Å². The topological polar surface area (TPSA) is 74.8 Å². The van der Waals surface area contributed by atoms with Crippen molar-refractivity contribution in [3.8, 4) is 0 Å². The molecule has 3 aromatic rings. The summed E-state index contributed by atoms with van der Waals surface area (Å²) in [6.45, 7) is 3.54. The van der Waals surface area contributed by atoms with Gasteiger partial charge in [0, 0.05) is 30.1 Å². The number of aryl methyl sites for hydroxylation is 2. The molecule has 1 fully saturated rings. The quantitative estimate of drug-likeness (QED) is 0.761. The molecule has 0 saturated carbocycles. The number of carbonyl (C=O) groups excluding carboxylic acids is 1. The number of benzene rings is 1. The SMILES string of the molecule is Cc1ncc2c(n1)C1(CCCN(C(=O)Cc3[nH]nc4ccccc34)C1)CC2. The number of amides is 1. The van der Waals surface area contributed by atoms with Crippen LogP contribution in [0.2, 0.25) is 0 Å². The van der Waals surface area contributed by atoms with Crippen molar-refractivity contribution in [2.75, 3.05) is 13.1 Å². The van der Waals surface area contributed by atoms with Gasteiger partial charge in [0.15, 0.2) is 0 Å². The Kier molecular flexibility index (Phi) is 3.74. The molecule has 0 radical (unpaired) electrons. The van der Waals surface area contributed by atoms with E-state index >= 15 is 0 Å². The largest absolute Gasteiger partial charge is 0.341 e. The van der Waals surface area contributed by atoms with Gasteiger partial charge >= 0.3 is 0 Å². The van der Waals surface area contributed by atoms with Gasteiger partial charge in [-0.3, -0.25) is 9.89 Å². The minimum absolute atomic E-state index is 0.00694. The molecule has 0 bridgehead atoms. The molecule has 2 aliphatic rings. The summed E-state index contributed by atoms with van der Waals surface area (Å²) in [5, 5.41) is 8.40. The molecule has 1 spiro atoms. The minimum Gasteiger partial charge on any atom is -0.341 e. The second-order valence-electron chi connectivity index (χ2n) is 7.89. The third kappa shape index (κ3) is 2.71. The molecule has 1 aliphatic carbocycles. The van der Waals surface area contributed by atoms with Crippen LogP contribution >= 0.6 is 0 Å². The van der Waals surface area contributed by atoms with Crippen LogP contribution in [0.25, 0.3) is 10.9 Å². The Morgan fingerprint density at radius 2 is 2.19 bits per heavy atom. The summed E-state index contributed by atoms with van der Waals surface area (Å²) in [7, 11) is 0. The summed E-state index contributed by atoms with van der Waals surface area (Å²) in [4.78, 5) is 24.2. The molecule has 6 nitrogen and oxygen atoms in total. The Morgan fingerprint density at radius 1 is 1.30 bits per heavy atom. The Labute approximate surface area is 158 Å². The number of rotatable bonds is 2. The van der Waals surface area contributed by atoms with Gasteiger partial charge in [-0.2, -0.15) is 5.10 Å². The third-order valence-corrected chi connectivity index (χ3v) is 6.16. The van der Waals surface area contributed by atoms with Crippen molar-refractivity contribution >= 4 is 16.8 Å². The molecule has 1 aliphatic heterocycles. The van der Waals surface area contributed by atoms with Crippen LogP contribution in [0.3, 0.4) is 0 Å². The summed E-state index contributed by atoms with van der Waals surface area (Å²) >= 11 is 0. The van der Waals surface area contributed by atoms with Gasteiger partial charge in [-0.15, -0.1) is 0 Å². The summed E-state index contributed by atoms with van der Waals surface area (Å²) in [6, 6.07) is 7.93. The van der Waals surface area contributed by atoms with E-state index in [0.717, 1.165) is 61.2 Å². The molecule has 5 rings (SSSR count). The van der Waals surface area contributed by atoms with E-state index in [1.165, 1.54) is 11.3 Å². The fourth-order valence-electron chi connectivity index (χ4n) is 4.78. The van der Waals surface area contributed by atoms with Gasteiger partial charge in [0.1, 0.15) is 5.82 Å². The first kappa shape index (κ1) is 16.4. The molecule has 27 heavy (non-hydrogen) atoms. The van der Waals surface area contributed by atoms with Crippen molar-refractivity contribution in [3.63, 3.8) is 0 Å². The van der Waals surface area contributed by atoms with Gasteiger partial charge in [-0.05, 0) is 44.2 Å². The maximum absolute atomic E-state index is 13.1. The summed E-state index contributed by atoms with van der Waals surface area (Å²) in [5.41, 5.74) is 4.26. The van der Waals surface area contributed by atoms with Gasteiger partial charge in [0.05, 0.1) is 23.3 Å². The zero-order valence-electron chi connectivity index (χ0n) is 15.5. The molecule has 6 heteroatoms. The fourth-order valence-corrected chi connectivity index (χ4v) is 4.78. The predicted molar refractivity (Wildman–Crippen MR) is 102 cm³/mol. The average molecular weight is 361 g/mol. The second kappa shape index (κ2) is 6.15. The van der Waals surface area contributed by atoms with Crippen LogP contribution in [0.5, 0.6) is 0 Å². The Bertz CT molecular complexity index is 1020. The van der Waals surface area contributed by atoms with Gasteiger partial charge in [-0.1, -0.05) is 18.2 Å². The molecular weight excluding hydrogens is 338 g/mol. The highest BCUT2D eigenvalue weighted by atomic mass is 16.2. The molecule has 1 aromatic carbocycles. The lowest BCUT2D eigenvalue weighted by molar-refractivity contribution is -0.132. The number of hydrogen-bond donors (Lipinski definition) is 1. The van der Waals surface area contributed by atoms with Crippen molar-refractivity contribution in [2.45, 2.75) is 44.4 Å². The Hall–Kier alpha value is -2.76. The number of hydrogen-bond acceptors (Lipinski definition) is 4. The molecule has 3 heterocycles. The van der Waals surface area contributed by atoms with Crippen molar-refractivity contribution in [1.82, 2.24) is 25.1 Å². The molecule has 1 amide bonds. The number of nitrogens with one attached hydrogen (secondary N) is 1. The van der Waals surface area contributed by atoms with Crippen LogP contribution in [0.15, 0.2) is 30.5 Å². The lowest BCUT2D eigenvalue weighted by Gasteiger charge is -2.40. The number of nitrogens with zero attached hydrogens (tertiary/aromatic N) is 4. The molecule has 138 valence electrons. The van der Waals surface area contributed by atoms with Gasteiger partial charge in [0.25, 0.3) is 0 Å². The van der Waals surface area contributed by atoms with Crippen molar-refractivity contribution in [1.29, 1.82) is 0 Å². The lowest BCUT2D eigenvalue weighted by Crippen LogP contribution is -2.48. The molecule has 2 aromatic heterocycles. The molecule has 1 N–H and O–H groups in total. The minimum atomic E-state index is 0.00694. The van der Waals surface area contributed by atoms with E-state index in [0.29, 0.717) is 6.42 Å². The van der Waals surface area contributed by atoms with E-state index in [9.17, 15) is 4.79 Å². The Balaban J connectivity index is 1.39. The molecule has 1 atom stereocenters. The highest BCUT2D eigenvalue weighted by Crippen LogP contribution is 2.43. The monoisotopic (exact) mass is 361 g/mol. The summed E-state index contributed by atoms with van der Waals surface area (Å²) in [5.74, 6) is 0.991. The zero-order valence-corrected chi connectivity index (χ0v) is 15.5. The average Bonchev–Trinajstić information content (AvgIpc) is 3.24. The first-order valence-corrected chi connectivity index (χ1v) is 9.67. The predicted octanol–water partition coefficient (Wildman–Crippen LogP) is 2.71. The summed E-state index contributed by atoms with van der Waals surface area (Å²) < 4.78 is 0. The zero-order chi connectivity index (χ0) is 18.4. The number of likely N-dealkylation sites (tertiary alicyclic amines) is 1. The lowest BCUT2D eigenvalue weighted by atomic mass is 9.77. The standard InChI is InChI=1S/C21H23N5O/c1-14-22-12-15-7-9-21(20(15)23-14)8-4-10-26(13-21)19(27)11-18-16-5-2-3-6-17(16)24-25-18/h2-3,5-6,12H,4,7-11,13H2,1H3,(H,24,25). The van der Waals surface area contributed by atoms with Gasteiger partial charge in [-0.25, -0.2) is 9.97 Å². The maximum atomic E-state index is 13.1. The van der Waals surface area contributed by atoms with Crippen LogP contribution < -0.4 is 0 Å². The number of para-hydroxylation sites is 1. The van der Waals surface area contributed by atoms with Crippen molar-refractivity contribution in [3.05, 3.63) is 53.2 Å². The number of aromatic nitrogens is 4. The third-order valence-electron chi connectivity index (χ3n) is 6.16. The van der Waals surface area contributed by atoms with Gasteiger partial charge in [0.2, 0.25) is 5.91 Å². The summed E-state index contributed by atoms with van der Waals surface area (Å²) in [6.07, 6.45) is 6.56. The molecule has 1 saturated heterocycles. The van der Waals surface area contributed by atoms with Crippen LogP contribution in [-0.2, 0) is 23.1 Å². The number of carbonyl (C=O) groups is 1. The highest BCUT2D eigenvalue weighted by molar-refractivity contribution is 5.87. The van der Waals surface area contributed by atoms with Crippen LogP contribution in [0.4, 0.5) is 0 Å².